The van der Waals surface area contributed by atoms with E-state index in [2.05, 4.69) is 0 Å². The van der Waals surface area contributed by atoms with Crippen LogP contribution in [0.4, 0.5) is 11.4 Å². The molecule has 4 nitrogen and oxygen atoms in total. The van der Waals surface area contributed by atoms with Gasteiger partial charge < -0.3 is 19.7 Å². The van der Waals surface area contributed by atoms with E-state index >= 15 is 0 Å². The molecule has 0 radical (unpaired) electrons. The van der Waals surface area contributed by atoms with Gasteiger partial charge in [0.15, 0.2) is 0 Å². The second-order valence-electron chi connectivity index (χ2n) is 7.11. The molecule has 150 valence electrons. The molecule has 30 heavy (non-hydrogen) atoms. The molecular formula is C26H22NO3-. The summed E-state index contributed by atoms with van der Waals surface area (Å²) in [6.45, 7) is 4.06. The molecule has 0 fully saturated rings. The van der Waals surface area contributed by atoms with Gasteiger partial charge in [0.2, 0.25) is 0 Å². The number of ether oxygens (including phenoxy) is 2. The van der Waals surface area contributed by atoms with Gasteiger partial charge in [-0.3, -0.25) is 0 Å². The standard InChI is InChI=1S/C26H22NO3/c1-19-3-11-23(12-4-19)29-25-15-7-21(8-16-25)27(28)22-9-17-26(18-10-22)30-24-13-5-20(2)6-14-24/h3-18H,1-2H3/q-1. The van der Waals surface area contributed by atoms with Crippen LogP contribution in [0.2, 0.25) is 0 Å². The van der Waals surface area contributed by atoms with Crippen LogP contribution in [0.1, 0.15) is 11.1 Å². The highest BCUT2D eigenvalue weighted by atomic mass is 16.5. The Balaban J connectivity index is 1.41. The summed E-state index contributed by atoms with van der Waals surface area (Å²) in [6, 6.07) is 29.8. The van der Waals surface area contributed by atoms with Crippen molar-refractivity contribution in [2.45, 2.75) is 13.8 Å². The molecule has 4 rings (SSSR count). The van der Waals surface area contributed by atoms with Gasteiger partial charge >= 0.3 is 0 Å². The van der Waals surface area contributed by atoms with E-state index in [0.717, 1.165) is 16.6 Å². The summed E-state index contributed by atoms with van der Waals surface area (Å²) in [7, 11) is 0. The van der Waals surface area contributed by atoms with Gasteiger partial charge in [0.25, 0.3) is 0 Å². The second-order valence-corrected chi connectivity index (χ2v) is 7.11. The number of nitrogens with zero attached hydrogens (tertiary/aromatic N) is 1. The van der Waals surface area contributed by atoms with E-state index < -0.39 is 0 Å². The van der Waals surface area contributed by atoms with E-state index in [1.54, 1.807) is 48.5 Å². The summed E-state index contributed by atoms with van der Waals surface area (Å²) in [5.41, 5.74) is 3.40. The highest BCUT2D eigenvalue weighted by molar-refractivity contribution is 5.65. The topological polar surface area (TPSA) is 44.8 Å². The third kappa shape index (κ3) is 4.80. The van der Waals surface area contributed by atoms with Gasteiger partial charge in [-0.25, -0.2) is 0 Å². The zero-order valence-electron chi connectivity index (χ0n) is 16.9. The van der Waals surface area contributed by atoms with Crippen molar-refractivity contribution in [3.8, 4) is 23.0 Å². The molecule has 0 aliphatic rings. The maximum absolute atomic E-state index is 12.7. The van der Waals surface area contributed by atoms with E-state index in [4.69, 9.17) is 9.47 Å². The molecule has 0 bridgehead atoms. The normalized spacial score (nSPS) is 10.5. The van der Waals surface area contributed by atoms with Crippen LogP contribution < -0.4 is 14.5 Å². The van der Waals surface area contributed by atoms with Crippen molar-refractivity contribution >= 4 is 11.4 Å². The van der Waals surface area contributed by atoms with Crippen LogP contribution in [-0.4, -0.2) is 0 Å². The Bertz CT molecular complexity index is 996. The van der Waals surface area contributed by atoms with Crippen LogP contribution in [0.15, 0.2) is 97.1 Å². The van der Waals surface area contributed by atoms with Crippen LogP contribution in [0, 0.1) is 19.1 Å². The van der Waals surface area contributed by atoms with Crippen LogP contribution in [0.3, 0.4) is 0 Å². The van der Waals surface area contributed by atoms with E-state index in [-0.39, 0.29) is 0 Å². The van der Waals surface area contributed by atoms with Crippen LogP contribution in [0.25, 0.3) is 0 Å². The highest BCUT2D eigenvalue weighted by Gasteiger charge is 2.03. The van der Waals surface area contributed by atoms with E-state index in [0.29, 0.717) is 22.9 Å². The van der Waals surface area contributed by atoms with Crippen molar-refractivity contribution in [2.75, 3.05) is 5.06 Å². The van der Waals surface area contributed by atoms with Crippen LogP contribution in [-0.2, 0) is 0 Å². The smallest absolute Gasteiger partial charge is 0.127 e. The van der Waals surface area contributed by atoms with Crippen molar-refractivity contribution in [3.05, 3.63) is 113 Å². The molecule has 0 saturated heterocycles. The highest BCUT2D eigenvalue weighted by Crippen LogP contribution is 2.30. The summed E-state index contributed by atoms with van der Waals surface area (Å²) in [6.07, 6.45) is 0. The van der Waals surface area contributed by atoms with Crippen molar-refractivity contribution in [1.82, 2.24) is 0 Å². The molecule has 0 aliphatic heterocycles. The Hall–Kier alpha value is -3.76. The summed E-state index contributed by atoms with van der Waals surface area (Å²) in [4.78, 5) is 0. The van der Waals surface area contributed by atoms with E-state index in [1.807, 2.05) is 62.4 Å². The molecule has 0 heterocycles. The predicted molar refractivity (Wildman–Crippen MR) is 121 cm³/mol. The van der Waals surface area contributed by atoms with Gasteiger partial charge in [-0.05, 0) is 86.6 Å². The first kappa shape index (κ1) is 19.6. The molecule has 4 aromatic carbocycles. The minimum absolute atomic E-state index is 0.526. The molecular weight excluding hydrogens is 374 g/mol. The lowest BCUT2D eigenvalue weighted by Crippen LogP contribution is -2.06. The predicted octanol–water partition coefficient (Wildman–Crippen LogP) is 7.52. The lowest BCUT2D eigenvalue weighted by atomic mass is 10.2. The molecule has 0 aromatic heterocycles. The van der Waals surface area contributed by atoms with Gasteiger partial charge in [-0.2, -0.15) is 0 Å². The SMILES string of the molecule is Cc1ccc(Oc2ccc(N([O-])c3ccc(Oc4ccc(C)cc4)cc3)cc2)cc1. The Kier molecular flexibility index (Phi) is 5.68. The zero-order chi connectivity index (χ0) is 20.9. The Morgan fingerprint density at radius 3 is 1.03 bits per heavy atom. The molecule has 0 spiro atoms. The second kappa shape index (κ2) is 8.72. The fraction of sp³-hybridized carbons (Fsp3) is 0.0769. The quantitative estimate of drug-likeness (QED) is 0.316. The average Bonchev–Trinajstić information content (AvgIpc) is 2.77. The third-order valence-corrected chi connectivity index (χ3v) is 4.66. The number of rotatable bonds is 6. The van der Waals surface area contributed by atoms with Gasteiger partial charge in [0.1, 0.15) is 23.0 Å². The first-order chi connectivity index (χ1) is 14.6. The Labute approximate surface area is 176 Å². The first-order valence-electron chi connectivity index (χ1n) is 9.73. The van der Waals surface area contributed by atoms with Crippen molar-refractivity contribution in [3.63, 3.8) is 0 Å². The Morgan fingerprint density at radius 1 is 0.467 bits per heavy atom. The molecule has 0 unspecified atom stereocenters. The molecule has 0 amide bonds. The first-order valence-corrected chi connectivity index (χ1v) is 9.73. The maximum Gasteiger partial charge on any atom is 0.127 e. The zero-order valence-corrected chi connectivity index (χ0v) is 16.9. The lowest BCUT2D eigenvalue weighted by Gasteiger charge is -2.31. The largest absolute Gasteiger partial charge is 0.754 e. The number of hydrogen-bond donors (Lipinski definition) is 0. The molecule has 0 aliphatic carbocycles. The number of aryl methyl sites for hydroxylation is 2. The van der Waals surface area contributed by atoms with E-state index in [1.165, 1.54) is 11.1 Å². The molecule has 4 aromatic rings. The minimum Gasteiger partial charge on any atom is -0.754 e. The fourth-order valence-electron chi connectivity index (χ4n) is 2.93. The molecule has 0 atom stereocenters. The number of anilines is 2. The lowest BCUT2D eigenvalue weighted by molar-refractivity contribution is 0.482. The summed E-state index contributed by atoms with van der Waals surface area (Å²) >= 11 is 0. The van der Waals surface area contributed by atoms with Crippen LogP contribution in [0.5, 0.6) is 23.0 Å². The van der Waals surface area contributed by atoms with E-state index in [9.17, 15) is 5.21 Å². The van der Waals surface area contributed by atoms with Crippen molar-refractivity contribution in [2.24, 2.45) is 0 Å². The molecule has 0 saturated carbocycles. The third-order valence-electron chi connectivity index (χ3n) is 4.66. The Morgan fingerprint density at radius 2 is 0.733 bits per heavy atom. The van der Waals surface area contributed by atoms with Crippen molar-refractivity contribution in [1.29, 1.82) is 0 Å². The van der Waals surface area contributed by atoms with Gasteiger partial charge in [0, 0.05) is 11.4 Å². The van der Waals surface area contributed by atoms with Gasteiger partial charge in [0.05, 0.1) is 0 Å². The monoisotopic (exact) mass is 396 g/mol. The number of benzene rings is 4. The maximum atomic E-state index is 12.7. The fourth-order valence-corrected chi connectivity index (χ4v) is 2.93. The number of hydrogen-bond acceptors (Lipinski definition) is 4. The van der Waals surface area contributed by atoms with Crippen LogP contribution >= 0.6 is 0 Å². The average molecular weight is 396 g/mol. The van der Waals surface area contributed by atoms with Gasteiger partial charge in [-0.15, -0.1) is 0 Å². The summed E-state index contributed by atoms with van der Waals surface area (Å²) < 4.78 is 11.6. The molecule has 4 heteroatoms. The summed E-state index contributed by atoms with van der Waals surface area (Å²) in [5, 5.41) is 13.6. The minimum atomic E-state index is 0.526. The summed E-state index contributed by atoms with van der Waals surface area (Å²) in [5.74, 6) is 2.88. The molecule has 0 N–H and O–H groups in total. The van der Waals surface area contributed by atoms with Gasteiger partial charge in [-0.1, -0.05) is 35.4 Å². The van der Waals surface area contributed by atoms with Crippen molar-refractivity contribution < 1.29 is 9.47 Å².